The van der Waals surface area contributed by atoms with Crippen molar-refractivity contribution >= 4 is 57.5 Å². The van der Waals surface area contributed by atoms with Gasteiger partial charge in [0.2, 0.25) is 11.8 Å². The molecule has 0 bridgehead atoms. The Morgan fingerprint density at radius 1 is 1.18 bits per heavy atom. The average Bonchev–Trinajstić information content (AvgIpc) is 2.91. The summed E-state index contributed by atoms with van der Waals surface area (Å²) < 4.78 is 5.68. The van der Waals surface area contributed by atoms with E-state index in [0.29, 0.717) is 38.3 Å². The van der Waals surface area contributed by atoms with E-state index in [-0.39, 0.29) is 11.8 Å². The molecule has 0 spiro atoms. The van der Waals surface area contributed by atoms with Gasteiger partial charge in [0.05, 0.1) is 10.6 Å². The van der Waals surface area contributed by atoms with Crippen molar-refractivity contribution in [3.63, 3.8) is 0 Å². The standard InChI is InChI=1S/C15H9Cl3N2O2/c16-7-14(21)19-9-2-3-11(18)10(6-9)15-20-12-5-8(17)1-4-13(12)22-15/h1-6H,7H2,(H,19,21). The van der Waals surface area contributed by atoms with E-state index in [1.165, 1.54) is 0 Å². The Hall–Kier alpha value is -1.75. The number of benzene rings is 2. The van der Waals surface area contributed by atoms with Gasteiger partial charge in [-0.25, -0.2) is 4.98 Å². The Morgan fingerprint density at radius 2 is 2.00 bits per heavy atom. The van der Waals surface area contributed by atoms with Crippen molar-refractivity contribution in [2.75, 3.05) is 11.2 Å². The minimum absolute atomic E-state index is 0.126. The van der Waals surface area contributed by atoms with Gasteiger partial charge < -0.3 is 9.73 Å². The first-order valence-electron chi connectivity index (χ1n) is 6.28. The maximum Gasteiger partial charge on any atom is 0.239 e. The molecule has 0 saturated carbocycles. The van der Waals surface area contributed by atoms with E-state index in [0.717, 1.165) is 0 Å². The molecule has 4 nitrogen and oxygen atoms in total. The summed E-state index contributed by atoms with van der Waals surface area (Å²) in [6.45, 7) is 0. The first-order chi connectivity index (χ1) is 10.6. The van der Waals surface area contributed by atoms with Crippen LogP contribution in [-0.2, 0) is 4.79 Å². The van der Waals surface area contributed by atoms with E-state index in [1.54, 1.807) is 36.4 Å². The van der Waals surface area contributed by atoms with Gasteiger partial charge in [-0.3, -0.25) is 4.79 Å². The number of amides is 1. The summed E-state index contributed by atoms with van der Waals surface area (Å²) in [4.78, 5) is 15.7. The Kier molecular flexibility index (Phi) is 4.25. The topological polar surface area (TPSA) is 55.1 Å². The monoisotopic (exact) mass is 354 g/mol. The summed E-state index contributed by atoms with van der Waals surface area (Å²) >= 11 is 17.6. The van der Waals surface area contributed by atoms with Gasteiger partial charge in [0.1, 0.15) is 11.4 Å². The van der Waals surface area contributed by atoms with Crippen molar-refractivity contribution in [2.45, 2.75) is 0 Å². The van der Waals surface area contributed by atoms with Crippen LogP contribution in [0, 0.1) is 0 Å². The molecule has 0 radical (unpaired) electrons. The molecule has 0 aliphatic heterocycles. The number of alkyl halides is 1. The number of oxazole rings is 1. The highest BCUT2D eigenvalue weighted by Crippen LogP contribution is 2.32. The summed E-state index contributed by atoms with van der Waals surface area (Å²) in [5, 5.41) is 3.68. The quantitative estimate of drug-likeness (QED) is 0.674. The second kappa shape index (κ2) is 6.16. The molecule has 3 rings (SSSR count). The Bertz CT molecular complexity index is 861. The number of rotatable bonds is 3. The molecule has 1 N–H and O–H groups in total. The van der Waals surface area contributed by atoms with Crippen LogP contribution in [0.2, 0.25) is 10.0 Å². The van der Waals surface area contributed by atoms with E-state index in [1.807, 2.05) is 0 Å². The zero-order valence-electron chi connectivity index (χ0n) is 11.1. The zero-order valence-corrected chi connectivity index (χ0v) is 13.3. The Balaban J connectivity index is 2.04. The van der Waals surface area contributed by atoms with Crippen molar-refractivity contribution in [1.29, 1.82) is 0 Å². The fourth-order valence-corrected chi connectivity index (χ4v) is 2.41. The number of nitrogens with one attached hydrogen (secondary N) is 1. The summed E-state index contributed by atoms with van der Waals surface area (Å²) in [5.74, 6) is -0.0807. The summed E-state index contributed by atoms with van der Waals surface area (Å²) in [6.07, 6.45) is 0. The number of anilines is 1. The first kappa shape index (κ1) is 15.2. The Labute approximate surface area is 141 Å². The highest BCUT2D eigenvalue weighted by Gasteiger charge is 2.13. The van der Waals surface area contributed by atoms with Crippen molar-refractivity contribution in [1.82, 2.24) is 4.98 Å². The van der Waals surface area contributed by atoms with Gasteiger partial charge in [-0.05, 0) is 36.4 Å². The van der Waals surface area contributed by atoms with E-state index in [9.17, 15) is 4.79 Å². The average molecular weight is 356 g/mol. The highest BCUT2D eigenvalue weighted by molar-refractivity contribution is 6.33. The van der Waals surface area contributed by atoms with Crippen LogP contribution in [-0.4, -0.2) is 16.8 Å². The van der Waals surface area contributed by atoms with Gasteiger partial charge in [-0.2, -0.15) is 0 Å². The number of halogens is 3. The summed E-state index contributed by atoms with van der Waals surface area (Å²) in [5.41, 5.74) is 2.37. The minimum atomic E-state index is -0.306. The predicted octanol–water partition coefficient (Wildman–Crippen LogP) is 4.98. The van der Waals surface area contributed by atoms with Crippen LogP contribution in [0.5, 0.6) is 0 Å². The number of aromatic nitrogens is 1. The van der Waals surface area contributed by atoms with E-state index in [2.05, 4.69) is 10.3 Å². The molecule has 2 aromatic carbocycles. The molecule has 7 heteroatoms. The number of fused-ring (bicyclic) bond motifs is 1. The predicted molar refractivity (Wildman–Crippen MR) is 88.8 cm³/mol. The van der Waals surface area contributed by atoms with E-state index < -0.39 is 0 Å². The maximum atomic E-state index is 11.4. The van der Waals surface area contributed by atoms with Crippen molar-refractivity contribution < 1.29 is 9.21 Å². The molecule has 0 atom stereocenters. The molecule has 22 heavy (non-hydrogen) atoms. The second-order valence-electron chi connectivity index (χ2n) is 4.51. The van der Waals surface area contributed by atoms with Gasteiger partial charge in [-0.1, -0.05) is 23.2 Å². The van der Waals surface area contributed by atoms with Crippen LogP contribution < -0.4 is 5.32 Å². The smallest absolute Gasteiger partial charge is 0.239 e. The van der Waals surface area contributed by atoms with Gasteiger partial charge in [0.15, 0.2) is 5.58 Å². The fourth-order valence-electron chi connectivity index (χ4n) is 1.98. The number of hydrogen-bond acceptors (Lipinski definition) is 3. The largest absolute Gasteiger partial charge is 0.436 e. The van der Waals surface area contributed by atoms with Crippen LogP contribution in [0.3, 0.4) is 0 Å². The first-order valence-corrected chi connectivity index (χ1v) is 7.57. The SMILES string of the molecule is O=C(CCl)Nc1ccc(Cl)c(-c2nc3cc(Cl)ccc3o2)c1. The fraction of sp³-hybridized carbons (Fsp3) is 0.0667. The normalized spacial score (nSPS) is 10.9. The summed E-state index contributed by atoms with van der Waals surface area (Å²) in [7, 11) is 0. The van der Waals surface area contributed by atoms with Crippen LogP contribution >= 0.6 is 34.8 Å². The molecular weight excluding hydrogens is 347 g/mol. The van der Waals surface area contributed by atoms with Gasteiger partial charge in [-0.15, -0.1) is 11.6 Å². The third kappa shape index (κ3) is 3.04. The molecule has 0 aliphatic rings. The highest BCUT2D eigenvalue weighted by atomic mass is 35.5. The lowest BCUT2D eigenvalue weighted by atomic mass is 10.2. The Morgan fingerprint density at radius 3 is 2.77 bits per heavy atom. The number of carbonyl (C=O) groups is 1. The lowest BCUT2D eigenvalue weighted by molar-refractivity contribution is -0.113. The summed E-state index contributed by atoms with van der Waals surface area (Å²) in [6, 6.07) is 10.2. The van der Waals surface area contributed by atoms with Gasteiger partial charge >= 0.3 is 0 Å². The molecule has 112 valence electrons. The molecule has 1 amide bonds. The minimum Gasteiger partial charge on any atom is -0.436 e. The van der Waals surface area contributed by atoms with E-state index >= 15 is 0 Å². The van der Waals surface area contributed by atoms with Crippen molar-refractivity contribution in [3.8, 4) is 11.5 Å². The molecule has 0 saturated heterocycles. The molecular formula is C15H9Cl3N2O2. The lowest BCUT2D eigenvalue weighted by Gasteiger charge is -2.06. The van der Waals surface area contributed by atoms with Crippen LogP contribution in [0.25, 0.3) is 22.6 Å². The van der Waals surface area contributed by atoms with Gasteiger partial charge in [0, 0.05) is 10.7 Å². The maximum absolute atomic E-state index is 11.4. The number of nitrogens with zero attached hydrogens (tertiary/aromatic N) is 1. The molecule has 1 aromatic heterocycles. The molecule has 0 aliphatic carbocycles. The number of hydrogen-bond donors (Lipinski definition) is 1. The molecule has 0 unspecified atom stereocenters. The zero-order chi connectivity index (χ0) is 15.7. The van der Waals surface area contributed by atoms with E-state index in [4.69, 9.17) is 39.2 Å². The van der Waals surface area contributed by atoms with Crippen LogP contribution in [0.1, 0.15) is 0 Å². The molecule has 3 aromatic rings. The third-order valence-corrected chi connectivity index (χ3v) is 3.76. The second-order valence-corrected chi connectivity index (χ2v) is 5.62. The van der Waals surface area contributed by atoms with Crippen LogP contribution in [0.4, 0.5) is 5.69 Å². The molecule has 1 heterocycles. The van der Waals surface area contributed by atoms with Gasteiger partial charge in [0.25, 0.3) is 0 Å². The lowest BCUT2D eigenvalue weighted by Crippen LogP contribution is -2.12. The number of carbonyl (C=O) groups excluding carboxylic acids is 1. The van der Waals surface area contributed by atoms with Crippen LogP contribution in [0.15, 0.2) is 40.8 Å². The molecule has 0 fully saturated rings. The third-order valence-electron chi connectivity index (χ3n) is 2.95. The van der Waals surface area contributed by atoms with Crippen molar-refractivity contribution in [2.24, 2.45) is 0 Å². The van der Waals surface area contributed by atoms with Crippen molar-refractivity contribution in [3.05, 3.63) is 46.4 Å².